The van der Waals surface area contributed by atoms with E-state index in [2.05, 4.69) is 5.10 Å². The molecule has 0 aromatic carbocycles. The lowest BCUT2D eigenvalue weighted by Gasteiger charge is -2.33. The third-order valence-electron chi connectivity index (χ3n) is 2.95. The number of aliphatic hydroxyl groups is 1. The monoisotopic (exact) mass is 246 g/mol. The molecule has 0 bridgehead atoms. The van der Waals surface area contributed by atoms with Gasteiger partial charge in [-0.15, -0.1) is 0 Å². The molecule has 4 nitrogen and oxygen atoms in total. The first kappa shape index (κ1) is 13.5. The number of nitrogens with zero attached hydrogens (tertiary/aromatic N) is 2. The second-order valence-electron chi connectivity index (χ2n) is 4.00. The van der Waals surface area contributed by atoms with Crippen molar-refractivity contribution < 1.29 is 9.84 Å². The topological polar surface area (TPSA) is 47.3 Å². The van der Waals surface area contributed by atoms with Crippen LogP contribution in [0.1, 0.15) is 39.0 Å². The summed E-state index contributed by atoms with van der Waals surface area (Å²) in [6, 6.07) is 0. The minimum atomic E-state index is -0.780. The van der Waals surface area contributed by atoms with Crippen molar-refractivity contribution in [2.24, 2.45) is 7.05 Å². The summed E-state index contributed by atoms with van der Waals surface area (Å²) in [6.45, 7) is 6.32. The number of ether oxygens (including phenoxy) is 1. The van der Waals surface area contributed by atoms with Crippen molar-refractivity contribution >= 4 is 11.6 Å². The van der Waals surface area contributed by atoms with Gasteiger partial charge in [0.2, 0.25) is 0 Å². The maximum absolute atomic E-state index is 10.4. The van der Waals surface area contributed by atoms with E-state index in [1.54, 1.807) is 11.7 Å². The third-order valence-corrected chi connectivity index (χ3v) is 3.24. The standard InChI is InChI=1S/C11H19ClN2O2/c1-5-11(3,16-6-2)10(15)9-8(12)7-13-14(9)4/h7,10,15H,5-6H2,1-4H3. The number of halogens is 1. The van der Waals surface area contributed by atoms with Crippen LogP contribution in [0.3, 0.4) is 0 Å². The second kappa shape index (κ2) is 5.17. The molecule has 0 fully saturated rings. The van der Waals surface area contributed by atoms with E-state index in [4.69, 9.17) is 16.3 Å². The first-order valence-corrected chi connectivity index (χ1v) is 5.83. The Morgan fingerprint density at radius 1 is 1.62 bits per heavy atom. The smallest absolute Gasteiger partial charge is 0.126 e. The van der Waals surface area contributed by atoms with Gasteiger partial charge in [0, 0.05) is 13.7 Å². The zero-order valence-electron chi connectivity index (χ0n) is 10.2. The van der Waals surface area contributed by atoms with Crippen molar-refractivity contribution in [3.05, 3.63) is 16.9 Å². The van der Waals surface area contributed by atoms with Crippen LogP contribution in [0, 0.1) is 0 Å². The number of rotatable bonds is 5. The van der Waals surface area contributed by atoms with Gasteiger partial charge in [0.15, 0.2) is 0 Å². The van der Waals surface area contributed by atoms with Crippen molar-refractivity contribution in [3.8, 4) is 0 Å². The Kier molecular flexibility index (Phi) is 4.35. The fourth-order valence-corrected chi connectivity index (χ4v) is 1.99. The lowest BCUT2D eigenvalue weighted by molar-refractivity contribution is -0.115. The predicted octanol–water partition coefficient (Wildman–Crippen LogP) is 2.31. The average Bonchev–Trinajstić information content (AvgIpc) is 2.58. The van der Waals surface area contributed by atoms with Crippen LogP contribution < -0.4 is 0 Å². The third kappa shape index (κ3) is 2.39. The first-order valence-electron chi connectivity index (χ1n) is 5.45. The first-order chi connectivity index (χ1) is 7.46. The summed E-state index contributed by atoms with van der Waals surface area (Å²) in [4.78, 5) is 0. The Morgan fingerprint density at radius 3 is 2.62 bits per heavy atom. The highest BCUT2D eigenvalue weighted by Gasteiger charge is 2.36. The SMILES string of the molecule is CCOC(C)(CC)C(O)c1c(Cl)cnn1C. The van der Waals surface area contributed by atoms with Crippen LogP contribution in [0.2, 0.25) is 5.02 Å². The maximum atomic E-state index is 10.4. The molecule has 1 aromatic rings. The Morgan fingerprint density at radius 2 is 2.25 bits per heavy atom. The van der Waals surface area contributed by atoms with Crippen LogP contribution in [0.15, 0.2) is 6.20 Å². The fourth-order valence-electron chi connectivity index (χ4n) is 1.72. The van der Waals surface area contributed by atoms with Crippen molar-refractivity contribution in [3.63, 3.8) is 0 Å². The van der Waals surface area contributed by atoms with Gasteiger partial charge in [-0.1, -0.05) is 18.5 Å². The van der Waals surface area contributed by atoms with E-state index < -0.39 is 11.7 Å². The van der Waals surface area contributed by atoms with Gasteiger partial charge in [0.1, 0.15) is 6.10 Å². The summed E-state index contributed by atoms with van der Waals surface area (Å²) < 4.78 is 7.21. The fraction of sp³-hybridized carbons (Fsp3) is 0.727. The molecule has 0 saturated heterocycles. The van der Waals surface area contributed by atoms with E-state index in [9.17, 15) is 5.11 Å². The second-order valence-corrected chi connectivity index (χ2v) is 4.41. The molecular weight excluding hydrogens is 228 g/mol. The van der Waals surface area contributed by atoms with Crippen LogP contribution >= 0.6 is 11.6 Å². The number of hydrogen-bond acceptors (Lipinski definition) is 3. The molecule has 0 radical (unpaired) electrons. The molecule has 5 heteroatoms. The van der Waals surface area contributed by atoms with Gasteiger partial charge in [-0.25, -0.2) is 0 Å². The molecule has 0 aliphatic heterocycles. The zero-order valence-corrected chi connectivity index (χ0v) is 11.0. The van der Waals surface area contributed by atoms with Crippen LogP contribution in [-0.2, 0) is 11.8 Å². The van der Waals surface area contributed by atoms with Crippen molar-refractivity contribution in [1.29, 1.82) is 0 Å². The van der Waals surface area contributed by atoms with Gasteiger partial charge in [0.25, 0.3) is 0 Å². The summed E-state index contributed by atoms with van der Waals surface area (Å²) in [7, 11) is 1.76. The molecule has 0 aliphatic carbocycles. The Hall–Kier alpha value is -0.580. The van der Waals surface area contributed by atoms with E-state index >= 15 is 0 Å². The van der Waals surface area contributed by atoms with Crippen molar-refractivity contribution in [2.45, 2.75) is 38.9 Å². The molecule has 0 spiro atoms. The molecule has 1 heterocycles. The van der Waals surface area contributed by atoms with Gasteiger partial charge in [-0.2, -0.15) is 5.10 Å². The predicted molar refractivity (Wildman–Crippen MR) is 63.5 cm³/mol. The van der Waals surface area contributed by atoms with Gasteiger partial charge in [-0.05, 0) is 20.3 Å². The molecule has 2 unspecified atom stereocenters. The molecule has 1 N–H and O–H groups in total. The summed E-state index contributed by atoms with van der Waals surface area (Å²) >= 11 is 6.00. The van der Waals surface area contributed by atoms with Gasteiger partial charge in [0.05, 0.1) is 22.5 Å². The molecule has 92 valence electrons. The van der Waals surface area contributed by atoms with E-state index in [0.29, 0.717) is 23.7 Å². The lowest BCUT2D eigenvalue weighted by atomic mass is 9.93. The lowest BCUT2D eigenvalue weighted by Crippen LogP contribution is -2.36. The molecule has 1 rings (SSSR count). The van der Waals surface area contributed by atoms with Gasteiger partial charge >= 0.3 is 0 Å². The summed E-state index contributed by atoms with van der Waals surface area (Å²) in [5, 5.41) is 14.8. The molecule has 0 aliphatic rings. The number of aliphatic hydroxyl groups excluding tert-OH is 1. The molecule has 2 atom stereocenters. The highest BCUT2D eigenvalue weighted by molar-refractivity contribution is 6.31. The van der Waals surface area contributed by atoms with Gasteiger partial charge in [-0.3, -0.25) is 4.68 Å². The zero-order chi connectivity index (χ0) is 12.3. The Labute approximate surface area is 101 Å². The van der Waals surface area contributed by atoms with E-state index in [-0.39, 0.29) is 0 Å². The molecule has 0 amide bonds. The molecule has 16 heavy (non-hydrogen) atoms. The van der Waals surface area contributed by atoms with E-state index in [1.807, 2.05) is 20.8 Å². The molecule has 1 aromatic heterocycles. The summed E-state index contributed by atoms with van der Waals surface area (Å²) in [6.07, 6.45) is 1.45. The molecular formula is C11H19ClN2O2. The normalized spacial score (nSPS) is 17.1. The number of hydrogen-bond donors (Lipinski definition) is 1. The van der Waals surface area contributed by atoms with Crippen LogP contribution in [0.5, 0.6) is 0 Å². The van der Waals surface area contributed by atoms with Crippen LogP contribution in [0.25, 0.3) is 0 Å². The maximum Gasteiger partial charge on any atom is 0.126 e. The quantitative estimate of drug-likeness (QED) is 0.867. The molecule has 0 saturated carbocycles. The van der Waals surface area contributed by atoms with E-state index in [1.165, 1.54) is 6.20 Å². The highest BCUT2D eigenvalue weighted by Crippen LogP contribution is 2.35. The highest BCUT2D eigenvalue weighted by atomic mass is 35.5. The number of aryl methyl sites for hydroxylation is 1. The Bertz CT molecular complexity index is 334. The minimum Gasteiger partial charge on any atom is -0.384 e. The summed E-state index contributed by atoms with van der Waals surface area (Å²) in [5.74, 6) is 0. The summed E-state index contributed by atoms with van der Waals surface area (Å²) in [5.41, 5.74) is -0.0360. The minimum absolute atomic E-state index is 0.467. The van der Waals surface area contributed by atoms with Crippen molar-refractivity contribution in [1.82, 2.24) is 9.78 Å². The largest absolute Gasteiger partial charge is 0.384 e. The average molecular weight is 247 g/mol. The Balaban J connectivity index is 3.04. The van der Waals surface area contributed by atoms with Crippen LogP contribution in [0.4, 0.5) is 0 Å². The van der Waals surface area contributed by atoms with Crippen LogP contribution in [-0.4, -0.2) is 27.1 Å². The van der Waals surface area contributed by atoms with E-state index in [0.717, 1.165) is 0 Å². The van der Waals surface area contributed by atoms with Gasteiger partial charge < -0.3 is 9.84 Å². The van der Waals surface area contributed by atoms with Crippen molar-refractivity contribution in [2.75, 3.05) is 6.61 Å². The number of aromatic nitrogens is 2.